The topological polar surface area (TPSA) is 49.6 Å². The van der Waals surface area contributed by atoms with Crippen molar-refractivity contribution < 1.29 is 9.32 Å². The van der Waals surface area contributed by atoms with Crippen LogP contribution in [0.3, 0.4) is 0 Å². The summed E-state index contributed by atoms with van der Waals surface area (Å²) in [6, 6.07) is 6.00. The van der Waals surface area contributed by atoms with E-state index in [1.807, 2.05) is 35.4 Å². The van der Waals surface area contributed by atoms with Crippen molar-refractivity contribution in [3.05, 3.63) is 39.9 Å². The number of carbonyl (C=O) groups is 1. The third-order valence-electron chi connectivity index (χ3n) is 3.91. The average molecular weight is 319 g/mol. The van der Waals surface area contributed by atoms with Gasteiger partial charge in [0, 0.05) is 43.7 Å². The Morgan fingerprint density at radius 2 is 2.27 bits per heavy atom. The fraction of sp³-hybridized carbons (Fsp3) is 0.500. The Kier molecular flexibility index (Phi) is 4.90. The molecule has 5 nitrogen and oxygen atoms in total. The second-order valence-electron chi connectivity index (χ2n) is 5.70. The SMILES string of the molecule is Cc1cc(CN2CCCN(C(=O)Cc3cccs3)CC2)no1. The van der Waals surface area contributed by atoms with Crippen LogP contribution in [0.25, 0.3) is 0 Å². The molecular formula is C16H21N3O2S. The number of hydrogen-bond acceptors (Lipinski definition) is 5. The number of nitrogens with zero attached hydrogens (tertiary/aromatic N) is 3. The summed E-state index contributed by atoms with van der Waals surface area (Å²) in [5.41, 5.74) is 0.968. The first-order valence-electron chi connectivity index (χ1n) is 7.65. The molecule has 6 heteroatoms. The van der Waals surface area contributed by atoms with Gasteiger partial charge < -0.3 is 9.42 Å². The lowest BCUT2D eigenvalue weighted by atomic mass is 10.3. The predicted octanol–water partition coefficient (Wildman–Crippen LogP) is 2.32. The van der Waals surface area contributed by atoms with Crippen LogP contribution in [0.2, 0.25) is 0 Å². The minimum absolute atomic E-state index is 0.238. The molecule has 0 aromatic carbocycles. The fourth-order valence-corrected chi connectivity index (χ4v) is 3.47. The number of amides is 1. The zero-order valence-electron chi connectivity index (χ0n) is 12.8. The maximum Gasteiger partial charge on any atom is 0.227 e. The molecule has 1 amide bonds. The summed E-state index contributed by atoms with van der Waals surface area (Å²) >= 11 is 1.65. The summed E-state index contributed by atoms with van der Waals surface area (Å²) in [7, 11) is 0. The Balaban J connectivity index is 1.52. The van der Waals surface area contributed by atoms with Crippen molar-refractivity contribution in [1.29, 1.82) is 0 Å². The summed E-state index contributed by atoms with van der Waals surface area (Å²) in [5.74, 6) is 1.08. The molecule has 0 spiro atoms. The number of aromatic nitrogens is 1. The largest absolute Gasteiger partial charge is 0.361 e. The van der Waals surface area contributed by atoms with Gasteiger partial charge in [0.25, 0.3) is 0 Å². The first kappa shape index (κ1) is 15.2. The van der Waals surface area contributed by atoms with Crippen LogP contribution in [0.1, 0.15) is 22.8 Å². The molecule has 3 heterocycles. The molecule has 118 valence electrons. The highest BCUT2D eigenvalue weighted by Gasteiger charge is 2.20. The quantitative estimate of drug-likeness (QED) is 0.868. The number of hydrogen-bond donors (Lipinski definition) is 0. The number of aryl methyl sites for hydroxylation is 1. The first-order valence-corrected chi connectivity index (χ1v) is 8.53. The smallest absolute Gasteiger partial charge is 0.227 e. The van der Waals surface area contributed by atoms with E-state index in [2.05, 4.69) is 10.1 Å². The summed E-state index contributed by atoms with van der Waals surface area (Å²) in [6.07, 6.45) is 1.53. The molecule has 1 aliphatic heterocycles. The third kappa shape index (κ3) is 3.96. The van der Waals surface area contributed by atoms with Gasteiger partial charge in [-0.15, -0.1) is 11.3 Å². The molecule has 0 atom stereocenters. The Morgan fingerprint density at radius 1 is 1.36 bits per heavy atom. The van der Waals surface area contributed by atoms with Gasteiger partial charge in [-0.1, -0.05) is 11.2 Å². The highest BCUT2D eigenvalue weighted by Crippen LogP contribution is 2.13. The minimum atomic E-state index is 0.238. The van der Waals surface area contributed by atoms with Gasteiger partial charge in [0.1, 0.15) is 5.76 Å². The van der Waals surface area contributed by atoms with Gasteiger partial charge in [0.15, 0.2) is 0 Å². The van der Waals surface area contributed by atoms with E-state index in [0.29, 0.717) is 6.42 Å². The normalized spacial score (nSPS) is 16.7. The van der Waals surface area contributed by atoms with Crippen LogP contribution in [0.5, 0.6) is 0 Å². The predicted molar refractivity (Wildman–Crippen MR) is 85.7 cm³/mol. The molecule has 0 aliphatic carbocycles. The van der Waals surface area contributed by atoms with E-state index in [9.17, 15) is 4.79 Å². The molecule has 1 saturated heterocycles. The molecule has 1 aliphatic rings. The van der Waals surface area contributed by atoms with Crippen LogP contribution < -0.4 is 0 Å². The maximum atomic E-state index is 12.4. The molecule has 0 bridgehead atoms. The van der Waals surface area contributed by atoms with E-state index in [0.717, 1.165) is 55.5 Å². The van der Waals surface area contributed by atoms with Gasteiger partial charge in [0.2, 0.25) is 5.91 Å². The van der Waals surface area contributed by atoms with E-state index < -0.39 is 0 Å². The van der Waals surface area contributed by atoms with Crippen molar-refractivity contribution in [2.24, 2.45) is 0 Å². The Hall–Kier alpha value is -1.66. The van der Waals surface area contributed by atoms with Crippen LogP contribution in [-0.4, -0.2) is 47.0 Å². The Morgan fingerprint density at radius 3 is 3.00 bits per heavy atom. The van der Waals surface area contributed by atoms with Crippen LogP contribution in [0.15, 0.2) is 28.1 Å². The van der Waals surface area contributed by atoms with Gasteiger partial charge in [-0.05, 0) is 24.8 Å². The van der Waals surface area contributed by atoms with Crippen LogP contribution in [0, 0.1) is 6.92 Å². The molecule has 22 heavy (non-hydrogen) atoms. The Labute approximate surface area is 134 Å². The van der Waals surface area contributed by atoms with Gasteiger partial charge in [-0.2, -0.15) is 0 Å². The highest BCUT2D eigenvalue weighted by atomic mass is 32.1. The van der Waals surface area contributed by atoms with Gasteiger partial charge in [-0.3, -0.25) is 9.69 Å². The van der Waals surface area contributed by atoms with Crippen molar-refractivity contribution in [2.75, 3.05) is 26.2 Å². The average Bonchev–Trinajstić information content (AvgIpc) is 3.07. The van der Waals surface area contributed by atoms with E-state index in [-0.39, 0.29) is 5.91 Å². The molecule has 0 saturated carbocycles. The fourth-order valence-electron chi connectivity index (χ4n) is 2.77. The van der Waals surface area contributed by atoms with E-state index in [1.54, 1.807) is 11.3 Å². The number of thiophene rings is 1. The standard InChI is InChI=1S/C16H21N3O2S/c1-13-10-14(17-21-13)12-18-5-3-6-19(8-7-18)16(20)11-15-4-2-9-22-15/h2,4,9-10H,3,5-8,11-12H2,1H3. The molecular weight excluding hydrogens is 298 g/mol. The molecule has 1 fully saturated rings. The summed E-state index contributed by atoms with van der Waals surface area (Å²) in [4.78, 5) is 17.9. The van der Waals surface area contributed by atoms with Crippen molar-refractivity contribution in [2.45, 2.75) is 26.3 Å². The zero-order valence-corrected chi connectivity index (χ0v) is 13.6. The summed E-state index contributed by atoms with van der Waals surface area (Å²) in [5, 5.41) is 6.07. The molecule has 3 rings (SSSR count). The lowest BCUT2D eigenvalue weighted by molar-refractivity contribution is -0.130. The van der Waals surface area contributed by atoms with Crippen molar-refractivity contribution in [3.8, 4) is 0 Å². The van der Waals surface area contributed by atoms with Gasteiger partial charge >= 0.3 is 0 Å². The van der Waals surface area contributed by atoms with E-state index in [1.165, 1.54) is 0 Å². The van der Waals surface area contributed by atoms with E-state index in [4.69, 9.17) is 4.52 Å². The van der Waals surface area contributed by atoms with Crippen LogP contribution in [0.4, 0.5) is 0 Å². The second-order valence-corrected chi connectivity index (χ2v) is 6.73. The lowest BCUT2D eigenvalue weighted by Gasteiger charge is -2.21. The second kappa shape index (κ2) is 7.07. The number of rotatable bonds is 4. The summed E-state index contributed by atoms with van der Waals surface area (Å²) < 4.78 is 5.12. The van der Waals surface area contributed by atoms with E-state index >= 15 is 0 Å². The molecule has 2 aromatic heterocycles. The maximum absolute atomic E-state index is 12.4. The minimum Gasteiger partial charge on any atom is -0.361 e. The highest BCUT2D eigenvalue weighted by molar-refractivity contribution is 7.10. The summed E-state index contributed by atoms with van der Waals surface area (Å²) in [6.45, 7) is 6.23. The van der Waals surface area contributed by atoms with Crippen molar-refractivity contribution >= 4 is 17.2 Å². The molecule has 0 radical (unpaired) electrons. The third-order valence-corrected chi connectivity index (χ3v) is 4.79. The van der Waals surface area contributed by atoms with Crippen LogP contribution in [-0.2, 0) is 17.8 Å². The zero-order chi connectivity index (χ0) is 15.4. The van der Waals surface area contributed by atoms with Gasteiger partial charge in [0.05, 0.1) is 12.1 Å². The molecule has 0 N–H and O–H groups in total. The molecule has 0 unspecified atom stereocenters. The lowest BCUT2D eigenvalue weighted by Crippen LogP contribution is -2.35. The molecule has 2 aromatic rings. The van der Waals surface area contributed by atoms with Gasteiger partial charge in [-0.25, -0.2) is 0 Å². The first-order chi connectivity index (χ1) is 10.7. The van der Waals surface area contributed by atoms with Crippen LogP contribution >= 0.6 is 11.3 Å². The van der Waals surface area contributed by atoms with Crippen molar-refractivity contribution in [1.82, 2.24) is 15.0 Å². The monoisotopic (exact) mass is 319 g/mol. The van der Waals surface area contributed by atoms with Crippen molar-refractivity contribution in [3.63, 3.8) is 0 Å². The Bertz CT molecular complexity index is 609. The number of carbonyl (C=O) groups excluding carboxylic acids is 1.